The molecule has 4 aromatic rings. The fraction of sp³-hybridized carbons (Fsp3) is 0.214. The molecule has 192 valence electrons. The third kappa shape index (κ3) is 4.91. The molecule has 8 nitrogen and oxygen atoms in total. The zero-order valence-electron chi connectivity index (χ0n) is 21.2. The average molecular weight is 523 g/mol. The van der Waals surface area contributed by atoms with Gasteiger partial charge in [-0.05, 0) is 66.7 Å². The molecule has 0 bridgehead atoms. The van der Waals surface area contributed by atoms with E-state index in [1.54, 1.807) is 37.1 Å². The molecule has 0 saturated heterocycles. The summed E-state index contributed by atoms with van der Waals surface area (Å²) in [6.45, 7) is 0. The normalized spacial score (nSPS) is 11.3. The van der Waals surface area contributed by atoms with Gasteiger partial charge in [0.2, 0.25) is 5.79 Å². The van der Waals surface area contributed by atoms with E-state index in [4.69, 9.17) is 40.4 Å². The number of rotatable bonds is 9. The van der Waals surface area contributed by atoms with E-state index >= 15 is 0 Å². The van der Waals surface area contributed by atoms with E-state index in [2.05, 4.69) is 0 Å². The van der Waals surface area contributed by atoms with E-state index < -0.39 is 11.8 Å². The minimum Gasteiger partial charge on any atom is -0.497 e. The number of carbonyl (C=O) groups is 1. The molecule has 0 amide bonds. The Balaban J connectivity index is 1.93. The van der Waals surface area contributed by atoms with Crippen LogP contribution in [0, 0.1) is 0 Å². The van der Waals surface area contributed by atoms with Gasteiger partial charge in [0.15, 0.2) is 0 Å². The smallest absolute Gasteiger partial charge is 0.339 e. The van der Waals surface area contributed by atoms with Gasteiger partial charge >= 0.3 is 5.97 Å². The Kier molecular flexibility index (Phi) is 7.83. The molecule has 0 radical (unpaired) electrons. The quantitative estimate of drug-likeness (QED) is 0.212. The van der Waals surface area contributed by atoms with Gasteiger partial charge < -0.3 is 23.7 Å². The number of hydrogen-bond donors (Lipinski definition) is 0. The second-order valence-corrected chi connectivity index (χ2v) is 8.37. The highest BCUT2D eigenvalue weighted by Gasteiger charge is 2.39. The first-order valence-corrected chi connectivity index (χ1v) is 11.7. The summed E-state index contributed by atoms with van der Waals surface area (Å²) in [5.41, 5.74) is 3.63. The number of halogens is 1. The maximum absolute atomic E-state index is 12.3. The standard InChI is InChI=1S/C28H27ClN2O6/c1-33-21-11-6-18(7-12-21)25-17-26(30-31(25)20-9-13-22(34-2)14-10-20)28(36-4,37-5)19-8-15-24(29)23(16-19)27(32)35-3/h6-17H,1-5H3. The monoisotopic (exact) mass is 522 g/mol. The van der Waals surface area contributed by atoms with Gasteiger partial charge in [-0.15, -0.1) is 0 Å². The second kappa shape index (κ2) is 11.0. The third-order valence-electron chi connectivity index (χ3n) is 6.08. The zero-order valence-corrected chi connectivity index (χ0v) is 21.9. The summed E-state index contributed by atoms with van der Waals surface area (Å²) in [5.74, 6) is -0.566. The Labute approximate surface area is 220 Å². The van der Waals surface area contributed by atoms with Crippen molar-refractivity contribution in [2.24, 2.45) is 0 Å². The molecule has 0 atom stereocenters. The maximum Gasteiger partial charge on any atom is 0.339 e. The van der Waals surface area contributed by atoms with Crippen molar-refractivity contribution in [2.75, 3.05) is 35.5 Å². The molecule has 0 aliphatic heterocycles. The number of aromatic nitrogens is 2. The van der Waals surface area contributed by atoms with Crippen molar-refractivity contribution in [3.8, 4) is 28.4 Å². The third-order valence-corrected chi connectivity index (χ3v) is 6.41. The van der Waals surface area contributed by atoms with E-state index in [0.29, 0.717) is 11.3 Å². The van der Waals surface area contributed by atoms with Crippen LogP contribution in [-0.4, -0.2) is 51.3 Å². The van der Waals surface area contributed by atoms with Crippen molar-refractivity contribution in [2.45, 2.75) is 5.79 Å². The number of esters is 1. The van der Waals surface area contributed by atoms with Gasteiger partial charge in [-0.2, -0.15) is 5.10 Å². The van der Waals surface area contributed by atoms with Crippen LogP contribution < -0.4 is 9.47 Å². The number of nitrogens with zero attached hydrogens (tertiary/aromatic N) is 2. The van der Waals surface area contributed by atoms with E-state index in [9.17, 15) is 4.79 Å². The summed E-state index contributed by atoms with van der Waals surface area (Å²) < 4.78 is 29.2. The number of carbonyl (C=O) groups excluding carboxylic acids is 1. The lowest BCUT2D eigenvalue weighted by Crippen LogP contribution is -2.33. The van der Waals surface area contributed by atoms with Crippen molar-refractivity contribution in [3.63, 3.8) is 0 Å². The minimum atomic E-state index is -1.45. The van der Waals surface area contributed by atoms with Crippen molar-refractivity contribution >= 4 is 17.6 Å². The summed E-state index contributed by atoms with van der Waals surface area (Å²) >= 11 is 6.27. The van der Waals surface area contributed by atoms with Crippen LogP contribution in [0.2, 0.25) is 5.02 Å². The van der Waals surface area contributed by atoms with Crippen LogP contribution in [-0.2, 0) is 20.0 Å². The predicted octanol–water partition coefficient (Wildman–Crippen LogP) is 5.49. The fourth-order valence-corrected chi connectivity index (χ4v) is 4.30. The van der Waals surface area contributed by atoms with Crippen LogP contribution in [0.4, 0.5) is 0 Å². The molecule has 4 rings (SSSR count). The number of ether oxygens (including phenoxy) is 5. The zero-order chi connectivity index (χ0) is 26.6. The topological polar surface area (TPSA) is 81.0 Å². The highest BCUT2D eigenvalue weighted by molar-refractivity contribution is 6.33. The first kappa shape index (κ1) is 26.2. The molecule has 0 fully saturated rings. The van der Waals surface area contributed by atoms with Gasteiger partial charge in [-0.25, -0.2) is 9.48 Å². The van der Waals surface area contributed by atoms with Crippen LogP contribution >= 0.6 is 11.6 Å². The number of hydrogen-bond acceptors (Lipinski definition) is 7. The Hall–Kier alpha value is -3.85. The van der Waals surface area contributed by atoms with E-state index in [0.717, 1.165) is 28.4 Å². The molecule has 1 aromatic heterocycles. The minimum absolute atomic E-state index is 0.185. The van der Waals surface area contributed by atoms with Gasteiger partial charge in [-0.1, -0.05) is 17.7 Å². The van der Waals surface area contributed by atoms with Crippen molar-refractivity contribution in [3.05, 3.63) is 94.6 Å². The molecule has 0 aliphatic carbocycles. The fourth-order valence-electron chi connectivity index (χ4n) is 4.10. The van der Waals surface area contributed by atoms with Crippen LogP contribution in [0.1, 0.15) is 21.6 Å². The Morgan fingerprint density at radius 3 is 1.95 bits per heavy atom. The van der Waals surface area contributed by atoms with Crippen molar-refractivity contribution < 1.29 is 28.5 Å². The Morgan fingerprint density at radius 1 is 0.811 bits per heavy atom. The highest BCUT2D eigenvalue weighted by atomic mass is 35.5. The summed E-state index contributed by atoms with van der Waals surface area (Å²) in [6.07, 6.45) is 0. The molecular weight excluding hydrogens is 496 g/mol. The molecule has 37 heavy (non-hydrogen) atoms. The molecule has 9 heteroatoms. The molecule has 1 heterocycles. The lowest BCUT2D eigenvalue weighted by atomic mass is 9.98. The Morgan fingerprint density at radius 2 is 1.41 bits per heavy atom. The second-order valence-electron chi connectivity index (χ2n) is 7.96. The molecule has 3 aromatic carbocycles. The number of methoxy groups -OCH3 is 5. The summed E-state index contributed by atoms with van der Waals surface area (Å²) in [6, 6.07) is 21.9. The summed E-state index contributed by atoms with van der Waals surface area (Å²) in [5, 5.41) is 5.16. The summed E-state index contributed by atoms with van der Waals surface area (Å²) in [7, 11) is 7.55. The predicted molar refractivity (Wildman–Crippen MR) is 140 cm³/mol. The van der Waals surface area contributed by atoms with Crippen LogP contribution in [0.15, 0.2) is 72.8 Å². The van der Waals surface area contributed by atoms with Gasteiger partial charge in [-0.3, -0.25) is 0 Å². The van der Waals surface area contributed by atoms with E-state index in [1.165, 1.54) is 21.3 Å². The Bertz CT molecular complexity index is 1310. The van der Waals surface area contributed by atoms with E-state index in [-0.39, 0.29) is 10.6 Å². The maximum atomic E-state index is 12.3. The first-order chi connectivity index (χ1) is 17.9. The summed E-state index contributed by atoms with van der Waals surface area (Å²) in [4.78, 5) is 12.3. The highest BCUT2D eigenvalue weighted by Crippen LogP contribution is 2.38. The van der Waals surface area contributed by atoms with Gasteiger partial charge in [0.1, 0.15) is 17.2 Å². The molecule has 0 spiro atoms. The lowest BCUT2D eigenvalue weighted by molar-refractivity contribution is -0.186. The van der Waals surface area contributed by atoms with Gasteiger partial charge in [0.05, 0.1) is 43.3 Å². The van der Waals surface area contributed by atoms with Crippen LogP contribution in [0.25, 0.3) is 16.9 Å². The molecule has 0 saturated carbocycles. The average Bonchev–Trinajstić information content (AvgIpc) is 3.40. The molecule has 0 unspecified atom stereocenters. The van der Waals surface area contributed by atoms with Crippen molar-refractivity contribution in [1.29, 1.82) is 0 Å². The van der Waals surface area contributed by atoms with Gasteiger partial charge in [0.25, 0.3) is 0 Å². The SMILES string of the molecule is COC(=O)c1cc(C(OC)(OC)c2cc(-c3ccc(OC)cc3)n(-c3ccc(OC)cc3)n2)ccc1Cl. The van der Waals surface area contributed by atoms with Gasteiger partial charge in [0, 0.05) is 25.3 Å². The number of benzene rings is 3. The molecule has 0 aliphatic rings. The first-order valence-electron chi connectivity index (χ1n) is 11.3. The largest absolute Gasteiger partial charge is 0.497 e. The molecular formula is C28H27ClN2O6. The van der Waals surface area contributed by atoms with Crippen LogP contribution in [0.3, 0.4) is 0 Å². The molecule has 0 N–H and O–H groups in total. The lowest BCUT2D eigenvalue weighted by Gasteiger charge is -2.30. The van der Waals surface area contributed by atoms with Crippen LogP contribution in [0.5, 0.6) is 11.5 Å². The van der Waals surface area contributed by atoms with E-state index in [1.807, 2.05) is 54.6 Å². The van der Waals surface area contributed by atoms with Crippen molar-refractivity contribution in [1.82, 2.24) is 9.78 Å².